The summed E-state index contributed by atoms with van der Waals surface area (Å²) in [5.74, 6) is -0.539. The molecule has 0 saturated carbocycles. The Balaban J connectivity index is 1.64. The van der Waals surface area contributed by atoms with Crippen LogP contribution in [0, 0.1) is 5.82 Å². The van der Waals surface area contributed by atoms with Gasteiger partial charge in [-0.3, -0.25) is 9.88 Å². The van der Waals surface area contributed by atoms with Crippen LogP contribution >= 0.6 is 0 Å². The number of benzene rings is 1. The van der Waals surface area contributed by atoms with E-state index in [0.29, 0.717) is 26.2 Å². The second-order valence-corrected chi connectivity index (χ2v) is 7.43. The van der Waals surface area contributed by atoms with Crippen molar-refractivity contribution in [3.05, 3.63) is 60.2 Å². The fourth-order valence-corrected chi connectivity index (χ4v) is 4.11. The van der Waals surface area contributed by atoms with E-state index in [-0.39, 0.29) is 4.90 Å². The minimum absolute atomic E-state index is 0.0140. The first-order valence-electron chi connectivity index (χ1n) is 7.43. The van der Waals surface area contributed by atoms with Crippen LogP contribution in [-0.4, -0.2) is 48.8 Å². The maximum Gasteiger partial charge on any atom is 0.243 e. The average Bonchev–Trinajstić information content (AvgIpc) is 2.56. The zero-order valence-corrected chi connectivity index (χ0v) is 13.4. The zero-order valence-electron chi connectivity index (χ0n) is 12.6. The minimum Gasteiger partial charge on any atom is -0.296 e. The standard InChI is InChI=1S/C16H18FN3O2S/c17-15-2-1-3-16(12-15)23(21,22)20-10-8-19(9-11-20)13-14-4-6-18-7-5-14/h1-7,12H,8-11,13H2. The summed E-state index contributed by atoms with van der Waals surface area (Å²) in [4.78, 5) is 6.20. The first-order valence-corrected chi connectivity index (χ1v) is 8.87. The van der Waals surface area contributed by atoms with Crippen molar-refractivity contribution in [1.82, 2.24) is 14.2 Å². The first kappa shape index (κ1) is 16.0. The lowest BCUT2D eigenvalue weighted by Crippen LogP contribution is -2.48. The Kier molecular flexibility index (Phi) is 4.70. The zero-order chi connectivity index (χ0) is 16.3. The molecule has 1 aromatic carbocycles. The fraction of sp³-hybridized carbons (Fsp3) is 0.312. The predicted molar refractivity (Wildman–Crippen MR) is 84.7 cm³/mol. The molecule has 7 heteroatoms. The van der Waals surface area contributed by atoms with E-state index in [2.05, 4.69) is 9.88 Å². The van der Waals surface area contributed by atoms with E-state index in [1.807, 2.05) is 12.1 Å². The van der Waals surface area contributed by atoms with Gasteiger partial charge in [0.2, 0.25) is 10.0 Å². The summed E-state index contributed by atoms with van der Waals surface area (Å²) in [5, 5.41) is 0. The summed E-state index contributed by atoms with van der Waals surface area (Å²) in [5.41, 5.74) is 1.15. The predicted octanol–water partition coefficient (Wildman–Crippen LogP) is 1.73. The largest absolute Gasteiger partial charge is 0.296 e. The molecule has 0 amide bonds. The molecule has 1 aliphatic rings. The summed E-state index contributed by atoms with van der Waals surface area (Å²) >= 11 is 0. The van der Waals surface area contributed by atoms with E-state index in [1.54, 1.807) is 12.4 Å². The molecule has 0 unspecified atom stereocenters. The lowest BCUT2D eigenvalue weighted by Gasteiger charge is -2.34. The van der Waals surface area contributed by atoms with Crippen molar-refractivity contribution in [2.75, 3.05) is 26.2 Å². The van der Waals surface area contributed by atoms with Gasteiger partial charge in [-0.25, -0.2) is 12.8 Å². The Hall–Kier alpha value is -1.83. The Labute approximate surface area is 135 Å². The average molecular weight is 335 g/mol. The van der Waals surface area contributed by atoms with E-state index in [1.165, 1.54) is 22.5 Å². The second kappa shape index (κ2) is 6.74. The van der Waals surface area contributed by atoms with Crippen LogP contribution in [0.4, 0.5) is 4.39 Å². The van der Waals surface area contributed by atoms with Crippen LogP contribution in [-0.2, 0) is 16.6 Å². The Morgan fingerprint density at radius 2 is 1.74 bits per heavy atom. The summed E-state index contributed by atoms with van der Waals surface area (Å²) in [7, 11) is -3.62. The van der Waals surface area contributed by atoms with Gasteiger partial charge in [-0.05, 0) is 35.9 Å². The number of sulfonamides is 1. The highest BCUT2D eigenvalue weighted by Crippen LogP contribution is 2.19. The molecule has 1 saturated heterocycles. The van der Waals surface area contributed by atoms with Crippen molar-refractivity contribution in [3.63, 3.8) is 0 Å². The highest BCUT2D eigenvalue weighted by molar-refractivity contribution is 7.89. The molecule has 0 N–H and O–H groups in total. The number of nitrogens with zero attached hydrogens (tertiary/aromatic N) is 3. The van der Waals surface area contributed by atoms with Crippen molar-refractivity contribution in [2.24, 2.45) is 0 Å². The fourth-order valence-electron chi connectivity index (χ4n) is 2.65. The van der Waals surface area contributed by atoms with E-state index >= 15 is 0 Å². The molecule has 3 rings (SSSR count). The van der Waals surface area contributed by atoms with Crippen LogP contribution in [0.25, 0.3) is 0 Å². The SMILES string of the molecule is O=S(=O)(c1cccc(F)c1)N1CCN(Cc2ccncc2)CC1. The molecule has 1 aromatic heterocycles. The molecular formula is C16H18FN3O2S. The van der Waals surface area contributed by atoms with E-state index in [4.69, 9.17) is 0 Å². The molecular weight excluding hydrogens is 317 g/mol. The van der Waals surface area contributed by atoms with Gasteiger partial charge in [0.05, 0.1) is 4.90 Å². The van der Waals surface area contributed by atoms with Gasteiger partial charge in [0.25, 0.3) is 0 Å². The molecule has 0 aliphatic carbocycles. The van der Waals surface area contributed by atoms with Crippen LogP contribution in [0.3, 0.4) is 0 Å². The molecule has 5 nitrogen and oxygen atoms in total. The van der Waals surface area contributed by atoms with Crippen LogP contribution in [0.5, 0.6) is 0 Å². The topological polar surface area (TPSA) is 53.5 Å². The number of rotatable bonds is 4. The number of aromatic nitrogens is 1. The number of piperazine rings is 1. The van der Waals surface area contributed by atoms with Crippen molar-refractivity contribution in [2.45, 2.75) is 11.4 Å². The van der Waals surface area contributed by atoms with Crippen molar-refractivity contribution in [3.8, 4) is 0 Å². The normalized spacial score (nSPS) is 17.3. The Morgan fingerprint density at radius 3 is 2.39 bits per heavy atom. The summed E-state index contributed by atoms with van der Waals surface area (Å²) in [6.07, 6.45) is 3.50. The van der Waals surface area contributed by atoms with Gasteiger partial charge >= 0.3 is 0 Å². The van der Waals surface area contributed by atoms with Gasteiger partial charge in [0.1, 0.15) is 5.82 Å². The van der Waals surface area contributed by atoms with Crippen LogP contribution in [0.2, 0.25) is 0 Å². The van der Waals surface area contributed by atoms with E-state index in [9.17, 15) is 12.8 Å². The van der Waals surface area contributed by atoms with Gasteiger partial charge in [0, 0.05) is 45.1 Å². The van der Waals surface area contributed by atoms with Gasteiger partial charge < -0.3 is 0 Å². The third-order valence-electron chi connectivity index (χ3n) is 3.92. The molecule has 0 bridgehead atoms. The van der Waals surface area contributed by atoms with Gasteiger partial charge in [-0.1, -0.05) is 6.07 Å². The monoisotopic (exact) mass is 335 g/mol. The maximum absolute atomic E-state index is 13.3. The highest BCUT2D eigenvalue weighted by Gasteiger charge is 2.28. The molecule has 1 aliphatic heterocycles. The first-order chi connectivity index (χ1) is 11.1. The van der Waals surface area contributed by atoms with Gasteiger partial charge in [-0.2, -0.15) is 4.31 Å². The lowest BCUT2D eigenvalue weighted by atomic mass is 10.2. The highest BCUT2D eigenvalue weighted by atomic mass is 32.2. The molecule has 0 atom stereocenters. The Bertz CT molecular complexity index is 760. The third kappa shape index (κ3) is 3.74. The van der Waals surface area contributed by atoms with Crippen molar-refractivity contribution < 1.29 is 12.8 Å². The van der Waals surface area contributed by atoms with Gasteiger partial charge in [-0.15, -0.1) is 0 Å². The van der Waals surface area contributed by atoms with Crippen molar-refractivity contribution >= 4 is 10.0 Å². The number of halogens is 1. The maximum atomic E-state index is 13.3. The van der Waals surface area contributed by atoms with Crippen molar-refractivity contribution in [1.29, 1.82) is 0 Å². The van der Waals surface area contributed by atoms with Gasteiger partial charge in [0.15, 0.2) is 0 Å². The van der Waals surface area contributed by atoms with Crippen LogP contribution < -0.4 is 0 Å². The lowest BCUT2D eigenvalue weighted by molar-refractivity contribution is 0.181. The Morgan fingerprint density at radius 1 is 1.04 bits per heavy atom. The van der Waals surface area contributed by atoms with Crippen LogP contribution in [0.1, 0.15) is 5.56 Å². The minimum atomic E-state index is -3.62. The number of hydrogen-bond acceptors (Lipinski definition) is 4. The summed E-state index contributed by atoms with van der Waals surface area (Å²) < 4.78 is 39.8. The number of hydrogen-bond donors (Lipinski definition) is 0. The summed E-state index contributed by atoms with van der Waals surface area (Å²) in [6, 6.07) is 9.07. The van der Waals surface area contributed by atoms with Crippen LogP contribution in [0.15, 0.2) is 53.7 Å². The van der Waals surface area contributed by atoms with E-state index < -0.39 is 15.8 Å². The molecule has 2 aromatic rings. The molecule has 23 heavy (non-hydrogen) atoms. The molecule has 0 radical (unpaired) electrons. The number of pyridine rings is 1. The second-order valence-electron chi connectivity index (χ2n) is 5.49. The molecule has 1 fully saturated rings. The molecule has 2 heterocycles. The quantitative estimate of drug-likeness (QED) is 0.854. The summed E-state index contributed by atoms with van der Waals surface area (Å²) in [6.45, 7) is 2.89. The third-order valence-corrected chi connectivity index (χ3v) is 5.82. The molecule has 122 valence electrons. The van der Waals surface area contributed by atoms with E-state index in [0.717, 1.165) is 18.2 Å². The molecule has 0 spiro atoms. The smallest absolute Gasteiger partial charge is 0.243 e.